The van der Waals surface area contributed by atoms with Crippen LogP contribution >= 0.6 is 11.6 Å². The number of ether oxygens (including phenoxy) is 1. The molecule has 1 N–H and O–H groups in total. The van der Waals surface area contributed by atoms with Crippen LogP contribution in [-0.2, 0) is 11.2 Å². The van der Waals surface area contributed by atoms with E-state index in [1.54, 1.807) is 12.1 Å². The lowest BCUT2D eigenvalue weighted by Gasteiger charge is -2.28. The predicted octanol–water partition coefficient (Wildman–Crippen LogP) is 4.60. The van der Waals surface area contributed by atoms with E-state index in [2.05, 4.69) is 19.2 Å². The van der Waals surface area contributed by atoms with Gasteiger partial charge in [-0.1, -0.05) is 37.9 Å². The molecule has 0 amide bonds. The van der Waals surface area contributed by atoms with E-state index < -0.39 is 0 Å². The number of nitrogens with one attached hydrogen (secondary N) is 1. The summed E-state index contributed by atoms with van der Waals surface area (Å²) >= 11 is 5.82. The predicted molar refractivity (Wildman–Crippen MR) is 87.5 cm³/mol. The van der Waals surface area contributed by atoms with Gasteiger partial charge in [0.25, 0.3) is 0 Å². The highest BCUT2D eigenvalue weighted by molar-refractivity contribution is 6.30. The van der Waals surface area contributed by atoms with Crippen LogP contribution in [0, 0.1) is 5.82 Å². The second kappa shape index (κ2) is 10.1. The molecule has 2 atom stereocenters. The minimum absolute atomic E-state index is 0.113. The second-order valence-corrected chi connectivity index (χ2v) is 5.72. The van der Waals surface area contributed by atoms with Crippen molar-refractivity contribution in [3.05, 3.63) is 34.6 Å². The first-order valence-electron chi connectivity index (χ1n) is 7.91. The summed E-state index contributed by atoms with van der Waals surface area (Å²) in [6.45, 7) is 7.86. The topological polar surface area (TPSA) is 21.3 Å². The van der Waals surface area contributed by atoms with Gasteiger partial charge < -0.3 is 10.1 Å². The summed E-state index contributed by atoms with van der Waals surface area (Å²) in [4.78, 5) is 0. The largest absolute Gasteiger partial charge is 0.377 e. The molecule has 0 aromatic heterocycles. The van der Waals surface area contributed by atoms with Gasteiger partial charge in [-0.2, -0.15) is 0 Å². The third kappa shape index (κ3) is 6.33. The van der Waals surface area contributed by atoms with Crippen molar-refractivity contribution in [2.45, 2.75) is 58.6 Å². The number of rotatable bonds is 10. The Morgan fingerprint density at radius 3 is 2.57 bits per heavy atom. The Morgan fingerprint density at radius 2 is 2.00 bits per heavy atom. The molecule has 0 aliphatic rings. The molecule has 1 aromatic carbocycles. The maximum absolute atomic E-state index is 14.0. The molecule has 0 radical (unpaired) electrons. The van der Waals surface area contributed by atoms with E-state index in [1.165, 1.54) is 6.07 Å². The van der Waals surface area contributed by atoms with Crippen LogP contribution in [0.5, 0.6) is 0 Å². The molecule has 1 rings (SSSR count). The van der Waals surface area contributed by atoms with Crippen LogP contribution in [0.2, 0.25) is 5.02 Å². The fraction of sp³-hybridized carbons (Fsp3) is 0.647. The average molecular weight is 316 g/mol. The second-order valence-electron chi connectivity index (χ2n) is 5.28. The van der Waals surface area contributed by atoms with Crippen molar-refractivity contribution in [3.8, 4) is 0 Å². The fourth-order valence-electron chi connectivity index (χ4n) is 2.49. The first-order chi connectivity index (χ1) is 10.1. The van der Waals surface area contributed by atoms with Crippen LogP contribution in [0.3, 0.4) is 0 Å². The molecule has 120 valence electrons. The summed E-state index contributed by atoms with van der Waals surface area (Å²) < 4.78 is 19.9. The van der Waals surface area contributed by atoms with Gasteiger partial charge in [-0.25, -0.2) is 4.39 Å². The Balaban J connectivity index is 2.84. The summed E-state index contributed by atoms with van der Waals surface area (Å²) in [5, 5.41) is 3.94. The molecule has 0 bridgehead atoms. The maximum Gasteiger partial charge on any atom is 0.127 e. The highest BCUT2D eigenvalue weighted by atomic mass is 35.5. The summed E-state index contributed by atoms with van der Waals surface area (Å²) in [5.74, 6) is -0.238. The molecule has 2 unspecified atom stereocenters. The van der Waals surface area contributed by atoms with Gasteiger partial charge in [-0.05, 0) is 50.4 Å². The van der Waals surface area contributed by atoms with E-state index >= 15 is 0 Å². The van der Waals surface area contributed by atoms with Crippen molar-refractivity contribution in [1.82, 2.24) is 5.32 Å². The van der Waals surface area contributed by atoms with Crippen LogP contribution in [0.1, 0.15) is 45.6 Å². The number of hydrogen-bond donors (Lipinski definition) is 1. The monoisotopic (exact) mass is 315 g/mol. The summed E-state index contributed by atoms with van der Waals surface area (Å²) in [6.07, 6.45) is 3.81. The van der Waals surface area contributed by atoms with Crippen LogP contribution in [0.25, 0.3) is 0 Å². The quantitative estimate of drug-likeness (QED) is 0.681. The SMILES string of the molecule is CCCNC(Cc1ccc(Cl)cc1F)C(CCC)OCC. The van der Waals surface area contributed by atoms with Crippen molar-refractivity contribution >= 4 is 11.6 Å². The summed E-state index contributed by atoms with van der Waals surface area (Å²) in [7, 11) is 0. The number of benzene rings is 1. The van der Waals surface area contributed by atoms with Crippen molar-refractivity contribution in [3.63, 3.8) is 0 Å². The Labute approximate surface area is 133 Å². The van der Waals surface area contributed by atoms with Crippen molar-refractivity contribution in [1.29, 1.82) is 0 Å². The van der Waals surface area contributed by atoms with Gasteiger partial charge >= 0.3 is 0 Å². The number of halogens is 2. The molecule has 0 fully saturated rings. The van der Waals surface area contributed by atoms with E-state index in [-0.39, 0.29) is 18.0 Å². The van der Waals surface area contributed by atoms with Gasteiger partial charge in [0.2, 0.25) is 0 Å². The lowest BCUT2D eigenvalue weighted by molar-refractivity contribution is 0.0280. The average Bonchev–Trinajstić information content (AvgIpc) is 2.45. The first-order valence-corrected chi connectivity index (χ1v) is 8.29. The van der Waals surface area contributed by atoms with Gasteiger partial charge in [-0.3, -0.25) is 0 Å². The van der Waals surface area contributed by atoms with Crippen LogP contribution in [0.15, 0.2) is 18.2 Å². The molecule has 1 aromatic rings. The minimum atomic E-state index is -0.238. The minimum Gasteiger partial charge on any atom is -0.377 e. The highest BCUT2D eigenvalue weighted by Crippen LogP contribution is 2.19. The smallest absolute Gasteiger partial charge is 0.127 e. The van der Waals surface area contributed by atoms with Crippen LogP contribution < -0.4 is 5.32 Å². The molecule has 0 spiro atoms. The van der Waals surface area contributed by atoms with Gasteiger partial charge in [0.15, 0.2) is 0 Å². The van der Waals surface area contributed by atoms with Gasteiger partial charge in [0.05, 0.1) is 6.10 Å². The van der Waals surface area contributed by atoms with Crippen molar-refractivity contribution in [2.24, 2.45) is 0 Å². The Hall–Kier alpha value is -0.640. The van der Waals surface area contributed by atoms with Gasteiger partial charge in [0.1, 0.15) is 5.82 Å². The molecule has 0 aliphatic heterocycles. The molecule has 21 heavy (non-hydrogen) atoms. The highest BCUT2D eigenvalue weighted by Gasteiger charge is 2.22. The zero-order valence-corrected chi connectivity index (χ0v) is 14.0. The van der Waals surface area contributed by atoms with E-state index in [1.807, 2.05) is 6.92 Å². The van der Waals surface area contributed by atoms with E-state index in [0.717, 1.165) is 25.8 Å². The molecule has 0 aliphatic carbocycles. The number of hydrogen-bond acceptors (Lipinski definition) is 2. The fourth-order valence-corrected chi connectivity index (χ4v) is 2.65. The molecule has 0 saturated carbocycles. The standard InChI is InChI=1S/C17H27ClFNO/c1-4-7-17(21-6-3)16(20-10-5-2)11-13-8-9-14(18)12-15(13)19/h8-9,12,16-17,20H,4-7,10-11H2,1-3H3. The third-order valence-corrected chi connectivity index (χ3v) is 3.75. The normalized spacial score (nSPS) is 14.1. The Morgan fingerprint density at radius 1 is 1.24 bits per heavy atom. The van der Waals surface area contributed by atoms with Crippen LogP contribution in [0.4, 0.5) is 4.39 Å². The van der Waals surface area contributed by atoms with E-state index in [0.29, 0.717) is 23.6 Å². The van der Waals surface area contributed by atoms with Crippen LogP contribution in [-0.4, -0.2) is 25.3 Å². The summed E-state index contributed by atoms with van der Waals surface area (Å²) in [6, 6.07) is 5.02. The van der Waals surface area contributed by atoms with E-state index in [9.17, 15) is 4.39 Å². The van der Waals surface area contributed by atoms with E-state index in [4.69, 9.17) is 16.3 Å². The Kier molecular flexibility index (Phi) is 8.90. The lowest BCUT2D eigenvalue weighted by Crippen LogP contribution is -2.43. The van der Waals surface area contributed by atoms with Crippen molar-refractivity contribution in [2.75, 3.05) is 13.2 Å². The zero-order valence-electron chi connectivity index (χ0n) is 13.3. The molecule has 0 heterocycles. The van der Waals surface area contributed by atoms with Crippen molar-refractivity contribution < 1.29 is 9.13 Å². The van der Waals surface area contributed by atoms with Gasteiger partial charge in [0, 0.05) is 17.7 Å². The molecular formula is C17H27ClFNO. The van der Waals surface area contributed by atoms with Gasteiger partial charge in [-0.15, -0.1) is 0 Å². The zero-order chi connectivity index (χ0) is 15.7. The molecule has 2 nitrogen and oxygen atoms in total. The molecule has 0 saturated heterocycles. The lowest BCUT2D eigenvalue weighted by atomic mass is 9.97. The maximum atomic E-state index is 14.0. The first kappa shape index (κ1) is 18.4. The molecule has 4 heteroatoms. The Bertz CT molecular complexity index is 408. The molecular weight excluding hydrogens is 289 g/mol. The summed E-state index contributed by atoms with van der Waals surface area (Å²) in [5.41, 5.74) is 0.689. The third-order valence-electron chi connectivity index (χ3n) is 3.51.